The van der Waals surface area contributed by atoms with E-state index >= 15 is 0 Å². The third-order valence-corrected chi connectivity index (χ3v) is 2.11. The minimum Gasteiger partial charge on any atom is -0.496 e. The second-order valence-electron chi connectivity index (χ2n) is 2.84. The van der Waals surface area contributed by atoms with Gasteiger partial charge in [-0.05, 0) is 12.1 Å². The number of hydrogen-bond donors (Lipinski definition) is 1. The minimum absolute atomic E-state index is 0.424. The van der Waals surface area contributed by atoms with Gasteiger partial charge in [0.25, 0.3) is 0 Å². The van der Waals surface area contributed by atoms with Crippen molar-refractivity contribution >= 4 is 17.6 Å². The fourth-order valence-electron chi connectivity index (χ4n) is 1.11. The summed E-state index contributed by atoms with van der Waals surface area (Å²) in [6.07, 6.45) is -4.60. The Bertz CT molecular complexity index is 429. The number of carboxylic acid groups (broad SMARTS) is 1. The Morgan fingerprint density at radius 2 is 2.00 bits per heavy atom. The van der Waals surface area contributed by atoms with Gasteiger partial charge in [0, 0.05) is 0 Å². The molecule has 0 aliphatic rings. The van der Waals surface area contributed by atoms with Crippen LogP contribution in [0.2, 0.25) is 5.02 Å². The molecule has 0 fully saturated rings. The minimum atomic E-state index is -4.60. The molecule has 1 aromatic carbocycles. The summed E-state index contributed by atoms with van der Waals surface area (Å²) in [5.74, 6) is -1.87. The van der Waals surface area contributed by atoms with Gasteiger partial charge in [-0.25, -0.2) is 4.79 Å². The van der Waals surface area contributed by atoms with Crippen LogP contribution < -0.4 is 4.74 Å². The Hall–Kier alpha value is -1.43. The lowest BCUT2D eigenvalue weighted by Crippen LogP contribution is -2.08. The van der Waals surface area contributed by atoms with Gasteiger partial charge in [-0.2, -0.15) is 13.2 Å². The average molecular weight is 255 g/mol. The van der Waals surface area contributed by atoms with E-state index in [0.29, 0.717) is 12.1 Å². The number of carbonyl (C=O) groups is 1. The number of ether oxygens (including phenoxy) is 1. The summed E-state index contributed by atoms with van der Waals surface area (Å²) in [6, 6.07) is 1.14. The van der Waals surface area contributed by atoms with E-state index in [-0.39, 0.29) is 0 Å². The predicted octanol–water partition coefficient (Wildman–Crippen LogP) is 3.07. The number of alkyl halides is 3. The van der Waals surface area contributed by atoms with Crippen LogP contribution in [0.4, 0.5) is 13.2 Å². The van der Waals surface area contributed by atoms with Gasteiger partial charge < -0.3 is 9.84 Å². The van der Waals surface area contributed by atoms with E-state index in [0.717, 1.165) is 7.11 Å². The SMILES string of the molecule is COc1cc(C(F)(F)F)cc(Cl)c1C(=O)O. The summed E-state index contributed by atoms with van der Waals surface area (Å²) >= 11 is 5.45. The van der Waals surface area contributed by atoms with Gasteiger partial charge in [0.1, 0.15) is 11.3 Å². The van der Waals surface area contributed by atoms with Crippen LogP contribution in [-0.2, 0) is 6.18 Å². The topological polar surface area (TPSA) is 46.5 Å². The Morgan fingerprint density at radius 1 is 1.44 bits per heavy atom. The van der Waals surface area contributed by atoms with E-state index in [4.69, 9.17) is 16.7 Å². The van der Waals surface area contributed by atoms with Crippen molar-refractivity contribution in [2.75, 3.05) is 7.11 Å². The molecule has 88 valence electrons. The number of hydrogen-bond acceptors (Lipinski definition) is 2. The van der Waals surface area contributed by atoms with Crippen LogP contribution in [-0.4, -0.2) is 18.2 Å². The molecule has 7 heteroatoms. The molecule has 0 saturated heterocycles. The maximum atomic E-state index is 12.4. The zero-order valence-electron chi connectivity index (χ0n) is 7.93. The zero-order chi connectivity index (χ0) is 12.5. The molecule has 1 aromatic rings. The van der Waals surface area contributed by atoms with Crippen molar-refractivity contribution in [2.24, 2.45) is 0 Å². The van der Waals surface area contributed by atoms with Crippen LogP contribution in [0.3, 0.4) is 0 Å². The standard InChI is InChI=1S/C9H6ClF3O3/c1-16-6-3-4(9(11,12)13)2-5(10)7(6)8(14)15/h2-3H,1H3,(H,14,15). The average Bonchev–Trinajstić information content (AvgIpc) is 2.14. The number of benzene rings is 1. The lowest BCUT2D eigenvalue weighted by molar-refractivity contribution is -0.137. The van der Waals surface area contributed by atoms with Gasteiger partial charge in [0.05, 0.1) is 17.7 Å². The zero-order valence-corrected chi connectivity index (χ0v) is 8.69. The molecule has 0 bridgehead atoms. The van der Waals surface area contributed by atoms with Crippen molar-refractivity contribution in [3.8, 4) is 5.75 Å². The molecule has 1 N–H and O–H groups in total. The van der Waals surface area contributed by atoms with Crippen molar-refractivity contribution in [3.05, 3.63) is 28.3 Å². The van der Waals surface area contributed by atoms with Crippen LogP contribution in [0.15, 0.2) is 12.1 Å². The smallest absolute Gasteiger partial charge is 0.416 e. The first kappa shape index (κ1) is 12.6. The molecule has 0 heterocycles. The van der Waals surface area contributed by atoms with Gasteiger partial charge >= 0.3 is 12.1 Å². The van der Waals surface area contributed by atoms with E-state index in [9.17, 15) is 18.0 Å². The van der Waals surface area contributed by atoms with Gasteiger partial charge in [-0.1, -0.05) is 11.6 Å². The maximum Gasteiger partial charge on any atom is 0.416 e. The lowest BCUT2D eigenvalue weighted by Gasteiger charge is -2.12. The Kier molecular flexibility index (Phi) is 3.32. The molecule has 0 radical (unpaired) electrons. The summed E-state index contributed by atoms with van der Waals surface area (Å²) in [5.41, 5.74) is -1.54. The fourth-order valence-corrected chi connectivity index (χ4v) is 1.41. The highest BCUT2D eigenvalue weighted by Gasteiger charge is 2.33. The third kappa shape index (κ3) is 2.38. The quantitative estimate of drug-likeness (QED) is 0.882. The van der Waals surface area contributed by atoms with E-state index < -0.39 is 34.0 Å². The molecule has 0 aliphatic heterocycles. The van der Waals surface area contributed by atoms with E-state index in [1.165, 1.54) is 0 Å². The van der Waals surface area contributed by atoms with Crippen molar-refractivity contribution in [1.82, 2.24) is 0 Å². The first-order valence-electron chi connectivity index (χ1n) is 3.95. The molecule has 0 amide bonds. The van der Waals surface area contributed by atoms with Crippen LogP contribution in [0.25, 0.3) is 0 Å². The molecule has 3 nitrogen and oxygen atoms in total. The molecule has 16 heavy (non-hydrogen) atoms. The van der Waals surface area contributed by atoms with Crippen LogP contribution in [0, 0.1) is 0 Å². The molecule has 0 atom stereocenters. The molecule has 0 saturated carbocycles. The molecule has 1 rings (SSSR count). The lowest BCUT2D eigenvalue weighted by atomic mass is 10.1. The van der Waals surface area contributed by atoms with Crippen molar-refractivity contribution in [3.63, 3.8) is 0 Å². The number of aromatic carboxylic acids is 1. The molecular weight excluding hydrogens is 249 g/mol. The highest BCUT2D eigenvalue weighted by atomic mass is 35.5. The molecule has 0 aromatic heterocycles. The van der Waals surface area contributed by atoms with Crippen LogP contribution >= 0.6 is 11.6 Å². The van der Waals surface area contributed by atoms with E-state index in [1.807, 2.05) is 0 Å². The first-order valence-corrected chi connectivity index (χ1v) is 4.33. The summed E-state index contributed by atoms with van der Waals surface area (Å²) < 4.78 is 41.6. The van der Waals surface area contributed by atoms with Gasteiger partial charge in [0.2, 0.25) is 0 Å². The summed E-state index contributed by atoms with van der Waals surface area (Å²) in [7, 11) is 1.07. The summed E-state index contributed by atoms with van der Waals surface area (Å²) in [6.45, 7) is 0. The van der Waals surface area contributed by atoms with Crippen LogP contribution in [0.1, 0.15) is 15.9 Å². The number of halogens is 4. The highest BCUT2D eigenvalue weighted by Crippen LogP contribution is 2.36. The van der Waals surface area contributed by atoms with Crippen LogP contribution in [0.5, 0.6) is 5.75 Å². The van der Waals surface area contributed by atoms with Gasteiger partial charge in [-0.15, -0.1) is 0 Å². The molecule has 0 aliphatic carbocycles. The predicted molar refractivity (Wildman–Crippen MR) is 50.0 cm³/mol. The second-order valence-corrected chi connectivity index (χ2v) is 3.25. The van der Waals surface area contributed by atoms with E-state index in [2.05, 4.69) is 4.74 Å². The van der Waals surface area contributed by atoms with Crippen molar-refractivity contribution in [1.29, 1.82) is 0 Å². The molecule has 0 unspecified atom stereocenters. The molecular formula is C9H6ClF3O3. The fraction of sp³-hybridized carbons (Fsp3) is 0.222. The number of carboxylic acids is 1. The number of methoxy groups -OCH3 is 1. The maximum absolute atomic E-state index is 12.4. The van der Waals surface area contributed by atoms with Gasteiger partial charge in [-0.3, -0.25) is 0 Å². The third-order valence-electron chi connectivity index (χ3n) is 1.82. The van der Waals surface area contributed by atoms with Gasteiger partial charge in [0.15, 0.2) is 0 Å². The Morgan fingerprint density at radius 3 is 2.38 bits per heavy atom. The monoisotopic (exact) mass is 254 g/mol. The molecule has 0 spiro atoms. The van der Waals surface area contributed by atoms with E-state index in [1.54, 1.807) is 0 Å². The Labute approximate surface area is 93.4 Å². The summed E-state index contributed by atoms with van der Waals surface area (Å²) in [5, 5.41) is 8.21. The second kappa shape index (κ2) is 4.21. The van der Waals surface area contributed by atoms with Crippen molar-refractivity contribution < 1.29 is 27.8 Å². The highest BCUT2D eigenvalue weighted by molar-refractivity contribution is 6.34. The normalized spacial score (nSPS) is 11.3. The first-order chi connectivity index (χ1) is 7.27. The van der Waals surface area contributed by atoms with Crippen molar-refractivity contribution in [2.45, 2.75) is 6.18 Å². The summed E-state index contributed by atoms with van der Waals surface area (Å²) in [4.78, 5) is 10.7. The number of rotatable bonds is 2. The largest absolute Gasteiger partial charge is 0.496 e. The Balaban J connectivity index is 3.44.